The highest BCUT2D eigenvalue weighted by Crippen LogP contribution is 2.25. The molecule has 1 aliphatic heterocycles. The van der Waals surface area contributed by atoms with Crippen LogP contribution in [-0.4, -0.2) is 43.9 Å². The molecule has 0 atom stereocenters. The topological polar surface area (TPSA) is 136 Å². The summed E-state index contributed by atoms with van der Waals surface area (Å²) in [6, 6.07) is 13.9. The standard InChI is InChI=1S/C18H18N4O2S.C10H11N3/c23-18(24)15-11-22(20-17(15)14-5-8-25-12-14)10-13-3-4-16(19-9-13)21-6-1-2-7-21;11-6-7-1-2-9-8(5-7)3-4-13-10(9)12/h3-5,8-9,11-12H,1-2,6-7,10H2,(H,23,24);1-5H,6,11H2,(H2,12,13). The van der Waals surface area contributed by atoms with Crippen molar-refractivity contribution in [2.45, 2.75) is 25.9 Å². The largest absolute Gasteiger partial charge is 0.478 e. The number of nitrogens with two attached hydrogens (primary N) is 2. The predicted octanol–water partition coefficient (Wildman–Crippen LogP) is 4.63. The molecule has 1 aliphatic rings. The molecule has 6 rings (SSSR count). The van der Waals surface area contributed by atoms with E-state index in [0.717, 1.165) is 46.4 Å². The fraction of sp³-hybridized carbons (Fsp3) is 0.214. The van der Waals surface area contributed by atoms with Crippen molar-refractivity contribution in [1.29, 1.82) is 0 Å². The predicted molar refractivity (Wildman–Crippen MR) is 151 cm³/mol. The number of thiophene rings is 1. The van der Waals surface area contributed by atoms with Gasteiger partial charge in [0.15, 0.2) is 0 Å². The number of benzene rings is 1. The minimum Gasteiger partial charge on any atom is -0.478 e. The molecule has 194 valence electrons. The Hall–Kier alpha value is -4.28. The van der Waals surface area contributed by atoms with Gasteiger partial charge in [0, 0.05) is 54.6 Å². The summed E-state index contributed by atoms with van der Waals surface area (Å²) in [6.07, 6.45) is 7.59. The third-order valence-corrected chi connectivity index (χ3v) is 7.15. The SMILES string of the molecule is NCc1ccc2c(N)nccc2c1.O=C(O)c1cn(Cc2ccc(N3CCCC3)nc2)nc1-c1ccsc1. The summed E-state index contributed by atoms with van der Waals surface area (Å²) < 4.78 is 1.67. The van der Waals surface area contributed by atoms with E-state index in [2.05, 4.69) is 20.0 Å². The number of aromatic carboxylic acids is 1. The molecule has 10 heteroatoms. The number of carbonyl (C=O) groups is 1. The van der Waals surface area contributed by atoms with Crippen molar-refractivity contribution in [3.8, 4) is 11.3 Å². The maximum Gasteiger partial charge on any atom is 0.339 e. The first-order chi connectivity index (χ1) is 18.5. The molecule has 0 saturated carbocycles. The van der Waals surface area contributed by atoms with Crippen LogP contribution in [0.4, 0.5) is 11.6 Å². The van der Waals surface area contributed by atoms with E-state index >= 15 is 0 Å². The molecule has 4 aromatic heterocycles. The lowest BCUT2D eigenvalue weighted by Gasteiger charge is -2.16. The zero-order valence-corrected chi connectivity index (χ0v) is 21.6. The second-order valence-electron chi connectivity index (χ2n) is 9.08. The van der Waals surface area contributed by atoms with Gasteiger partial charge >= 0.3 is 5.97 Å². The summed E-state index contributed by atoms with van der Waals surface area (Å²) in [6.45, 7) is 3.19. The minimum atomic E-state index is -0.963. The number of fused-ring (bicyclic) bond motifs is 1. The maximum absolute atomic E-state index is 11.5. The van der Waals surface area contributed by atoms with E-state index < -0.39 is 5.97 Å². The van der Waals surface area contributed by atoms with Crippen molar-refractivity contribution in [3.63, 3.8) is 0 Å². The molecule has 1 fully saturated rings. The lowest BCUT2D eigenvalue weighted by molar-refractivity contribution is 0.0697. The van der Waals surface area contributed by atoms with Gasteiger partial charge in [0.2, 0.25) is 0 Å². The van der Waals surface area contributed by atoms with Crippen LogP contribution in [0.3, 0.4) is 0 Å². The number of carboxylic acids is 1. The molecule has 0 radical (unpaired) electrons. The monoisotopic (exact) mass is 527 g/mol. The molecule has 5 N–H and O–H groups in total. The minimum absolute atomic E-state index is 0.222. The van der Waals surface area contributed by atoms with Crippen molar-refractivity contribution < 1.29 is 9.90 Å². The van der Waals surface area contributed by atoms with Gasteiger partial charge < -0.3 is 21.5 Å². The summed E-state index contributed by atoms with van der Waals surface area (Å²) in [7, 11) is 0. The smallest absolute Gasteiger partial charge is 0.339 e. The van der Waals surface area contributed by atoms with Crippen LogP contribution >= 0.6 is 11.3 Å². The Morgan fingerprint density at radius 2 is 1.87 bits per heavy atom. The summed E-state index contributed by atoms with van der Waals surface area (Å²) >= 11 is 1.52. The molecule has 0 unspecified atom stereocenters. The van der Waals surface area contributed by atoms with Gasteiger partial charge in [0.25, 0.3) is 0 Å². The number of rotatable bonds is 6. The summed E-state index contributed by atoms with van der Waals surface area (Å²) in [5.41, 5.74) is 14.9. The molecule has 0 bridgehead atoms. The van der Waals surface area contributed by atoms with Crippen molar-refractivity contribution in [3.05, 3.63) is 88.5 Å². The Morgan fingerprint density at radius 3 is 2.55 bits per heavy atom. The third kappa shape index (κ3) is 5.66. The fourth-order valence-electron chi connectivity index (χ4n) is 4.48. The van der Waals surface area contributed by atoms with Crippen LogP contribution in [0.2, 0.25) is 0 Å². The maximum atomic E-state index is 11.5. The first-order valence-electron chi connectivity index (χ1n) is 12.4. The zero-order valence-electron chi connectivity index (χ0n) is 20.8. The Morgan fingerprint density at radius 1 is 1.05 bits per heavy atom. The van der Waals surface area contributed by atoms with Crippen molar-refractivity contribution >= 4 is 39.7 Å². The highest BCUT2D eigenvalue weighted by molar-refractivity contribution is 7.08. The number of carboxylic acid groups (broad SMARTS) is 1. The van der Waals surface area contributed by atoms with Gasteiger partial charge in [-0.15, -0.1) is 0 Å². The van der Waals surface area contributed by atoms with Gasteiger partial charge in [-0.1, -0.05) is 18.2 Å². The van der Waals surface area contributed by atoms with Crippen molar-refractivity contribution in [1.82, 2.24) is 19.7 Å². The first kappa shape index (κ1) is 25.4. The highest BCUT2D eigenvalue weighted by atomic mass is 32.1. The van der Waals surface area contributed by atoms with E-state index in [4.69, 9.17) is 11.5 Å². The number of hydrogen-bond donors (Lipinski definition) is 3. The van der Waals surface area contributed by atoms with E-state index in [1.165, 1.54) is 24.2 Å². The van der Waals surface area contributed by atoms with E-state index in [0.29, 0.717) is 24.6 Å². The van der Waals surface area contributed by atoms with Gasteiger partial charge in [-0.05, 0) is 59.0 Å². The van der Waals surface area contributed by atoms with Gasteiger partial charge in [-0.25, -0.2) is 14.8 Å². The Kier molecular flexibility index (Phi) is 7.62. The van der Waals surface area contributed by atoms with Gasteiger partial charge in [-0.2, -0.15) is 16.4 Å². The van der Waals surface area contributed by atoms with E-state index in [1.807, 2.05) is 59.4 Å². The number of hydrogen-bond acceptors (Lipinski definition) is 8. The molecule has 38 heavy (non-hydrogen) atoms. The summed E-state index contributed by atoms with van der Waals surface area (Å²) in [5.74, 6) is 0.614. The van der Waals surface area contributed by atoms with E-state index in [1.54, 1.807) is 17.1 Å². The summed E-state index contributed by atoms with van der Waals surface area (Å²) in [5, 5.41) is 19.8. The van der Waals surface area contributed by atoms with Crippen LogP contribution in [0.5, 0.6) is 0 Å². The van der Waals surface area contributed by atoms with Crippen LogP contribution in [0.15, 0.2) is 71.8 Å². The number of nitrogen functional groups attached to an aromatic ring is 1. The highest BCUT2D eigenvalue weighted by Gasteiger charge is 2.18. The van der Waals surface area contributed by atoms with Gasteiger partial charge in [0.05, 0.1) is 6.54 Å². The zero-order chi connectivity index (χ0) is 26.5. The molecule has 1 aromatic carbocycles. The molecule has 0 amide bonds. The average Bonchev–Trinajstić information content (AvgIpc) is 3.72. The molecule has 9 nitrogen and oxygen atoms in total. The Bertz CT molecular complexity index is 1530. The Balaban J connectivity index is 0.000000190. The number of pyridine rings is 2. The van der Waals surface area contributed by atoms with Crippen LogP contribution in [0.25, 0.3) is 22.0 Å². The average molecular weight is 528 g/mol. The van der Waals surface area contributed by atoms with Crippen molar-refractivity contribution in [2.75, 3.05) is 23.7 Å². The second kappa shape index (κ2) is 11.4. The lowest BCUT2D eigenvalue weighted by Crippen LogP contribution is -2.18. The third-order valence-electron chi connectivity index (χ3n) is 6.47. The van der Waals surface area contributed by atoms with Crippen LogP contribution in [-0.2, 0) is 13.1 Å². The second-order valence-corrected chi connectivity index (χ2v) is 9.86. The molecule has 5 heterocycles. The lowest BCUT2D eigenvalue weighted by atomic mass is 10.1. The van der Waals surface area contributed by atoms with Crippen LogP contribution in [0, 0.1) is 0 Å². The Labute approximate surface area is 224 Å². The normalized spacial score (nSPS) is 12.9. The first-order valence-corrected chi connectivity index (χ1v) is 13.3. The van der Waals surface area contributed by atoms with Gasteiger partial charge in [-0.3, -0.25) is 4.68 Å². The van der Waals surface area contributed by atoms with E-state index in [9.17, 15) is 9.90 Å². The molecule has 1 saturated heterocycles. The molecule has 0 aliphatic carbocycles. The van der Waals surface area contributed by atoms with Gasteiger partial charge in [0.1, 0.15) is 22.9 Å². The molecular formula is C28H29N7O2S. The number of nitrogens with zero attached hydrogens (tertiary/aromatic N) is 5. The summed E-state index contributed by atoms with van der Waals surface area (Å²) in [4.78, 5) is 22.3. The number of aromatic nitrogens is 4. The van der Waals surface area contributed by atoms with E-state index in [-0.39, 0.29) is 5.56 Å². The molecular weight excluding hydrogens is 498 g/mol. The number of anilines is 2. The van der Waals surface area contributed by atoms with Crippen LogP contribution < -0.4 is 16.4 Å². The fourth-order valence-corrected chi connectivity index (χ4v) is 5.12. The van der Waals surface area contributed by atoms with Crippen LogP contribution in [0.1, 0.15) is 34.3 Å². The molecule has 0 spiro atoms. The molecule has 5 aromatic rings. The van der Waals surface area contributed by atoms with Crippen molar-refractivity contribution in [2.24, 2.45) is 5.73 Å². The quantitative estimate of drug-likeness (QED) is 0.291.